The van der Waals surface area contributed by atoms with Gasteiger partial charge in [0.05, 0.1) is 5.69 Å². The fraction of sp³-hybridized carbons (Fsp3) is 0.500. The van der Waals surface area contributed by atoms with Gasteiger partial charge in [-0.1, -0.05) is 6.07 Å². The minimum atomic E-state index is -0.0839. The quantitative estimate of drug-likeness (QED) is 0.801. The van der Waals surface area contributed by atoms with Crippen molar-refractivity contribution in [2.75, 3.05) is 5.75 Å². The van der Waals surface area contributed by atoms with Crippen LogP contribution in [0.2, 0.25) is 0 Å². The Morgan fingerprint density at radius 2 is 2.23 bits per heavy atom. The molecule has 2 nitrogen and oxygen atoms in total. The van der Waals surface area contributed by atoms with E-state index in [-0.39, 0.29) is 5.54 Å². The first-order chi connectivity index (χ1) is 6.08. The summed E-state index contributed by atoms with van der Waals surface area (Å²) in [5.74, 6) is 1.91. The van der Waals surface area contributed by atoms with E-state index in [1.807, 2.05) is 50.0 Å². The summed E-state index contributed by atoms with van der Waals surface area (Å²) in [4.78, 5) is 4.24. The van der Waals surface area contributed by atoms with E-state index in [2.05, 4.69) is 4.98 Å². The molecule has 0 saturated heterocycles. The zero-order chi connectivity index (χ0) is 9.73. The monoisotopic (exact) mass is 196 g/mol. The molecule has 13 heavy (non-hydrogen) atoms. The third-order valence-corrected chi connectivity index (χ3v) is 2.90. The number of hydrogen-bond donors (Lipinski definition) is 1. The summed E-state index contributed by atoms with van der Waals surface area (Å²) in [6.07, 6.45) is 1.82. The van der Waals surface area contributed by atoms with Gasteiger partial charge in [-0.25, -0.2) is 0 Å². The summed E-state index contributed by atoms with van der Waals surface area (Å²) >= 11 is 1.83. The molecule has 2 N–H and O–H groups in total. The van der Waals surface area contributed by atoms with Crippen LogP contribution in [-0.2, 0) is 5.75 Å². The summed E-state index contributed by atoms with van der Waals surface area (Å²) in [6, 6.07) is 5.98. The number of aromatic nitrogens is 1. The second-order valence-electron chi connectivity index (χ2n) is 3.80. The Hall–Kier alpha value is -0.540. The van der Waals surface area contributed by atoms with Crippen molar-refractivity contribution in [1.29, 1.82) is 0 Å². The topological polar surface area (TPSA) is 38.9 Å². The first-order valence-electron chi connectivity index (χ1n) is 4.34. The third-order valence-electron chi connectivity index (χ3n) is 1.45. The number of thioether (sulfide) groups is 1. The highest BCUT2D eigenvalue weighted by Gasteiger charge is 2.09. The summed E-state index contributed by atoms with van der Waals surface area (Å²) in [7, 11) is 0. The average Bonchev–Trinajstić information content (AvgIpc) is 2.04. The number of nitrogens with two attached hydrogens (primary N) is 1. The van der Waals surface area contributed by atoms with Crippen molar-refractivity contribution in [3.8, 4) is 0 Å². The lowest BCUT2D eigenvalue weighted by Crippen LogP contribution is -2.34. The smallest absolute Gasteiger partial charge is 0.0502 e. The van der Waals surface area contributed by atoms with Crippen molar-refractivity contribution in [3.05, 3.63) is 30.1 Å². The van der Waals surface area contributed by atoms with Gasteiger partial charge in [-0.05, 0) is 26.0 Å². The molecule has 3 heteroatoms. The van der Waals surface area contributed by atoms with E-state index in [1.165, 1.54) is 0 Å². The van der Waals surface area contributed by atoms with E-state index in [0.29, 0.717) is 0 Å². The van der Waals surface area contributed by atoms with Gasteiger partial charge in [-0.15, -0.1) is 0 Å². The molecule has 0 fully saturated rings. The Bertz CT molecular complexity index is 241. The number of rotatable bonds is 4. The maximum Gasteiger partial charge on any atom is 0.0502 e. The molecule has 0 amide bonds. The maximum absolute atomic E-state index is 5.86. The van der Waals surface area contributed by atoms with Gasteiger partial charge in [0.15, 0.2) is 0 Å². The number of hydrogen-bond acceptors (Lipinski definition) is 3. The highest BCUT2D eigenvalue weighted by atomic mass is 32.2. The molecule has 0 saturated carbocycles. The summed E-state index contributed by atoms with van der Waals surface area (Å²) in [6.45, 7) is 4.08. The molecular weight excluding hydrogens is 180 g/mol. The molecule has 0 bridgehead atoms. The van der Waals surface area contributed by atoms with Gasteiger partial charge in [0.1, 0.15) is 0 Å². The highest BCUT2D eigenvalue weighted by Crippen LogP contribution is 2.14. The van der Waals surface area contributed by atoms with Crippen molar-refractivity contribution in [2.45, 2.75) is 25.1 Å². The van der Waals surface area contributed by atoms with Gasteiger partial charge < -0.3 is 5.73 Å². The molecule has 0 atom stereocenters. The fourth-order valence-corrected chi connectivity index (χ4v) is 1.91. The van der Waals surface area contributed by atoms with Crippen LogP contribution < -0.4 is 5.73 Å². The van der Waals surface area contributed by atoms with E-state index in [1.54, 1.807) is 0 Å². The highest BCUT2D eigenvalue weighted by molar-refractivity contribution is 7.98. The maximum atomic E-state index is 5.86. The van der Waals surface area contributed by atoms with E-state index < -0.39 is 0 Å². The second-order valence-corrected chi connectivity index (χ2v) is 4.79. The van der Waals surface area contributed by atoms with Crippen LogP contribution >= 0.6 is 11.8 Å². The SMILES string of the molecule is CC(C)(N)CSCc1ccccn1. The zero-order valence-corrected chi connectivity index (χ0v) is 8.97. The molecule has 72 valence electrons. The summed E-state index contributed by atoms with van der Waals surface area (Å²) in [5, 5.41) is 0. The summed E-state index contributed by atoms with van der Waals surface area (Å²) in [5.41, 5.74) is 6.90. The second kappa shape index (κ2) is 4.63. The Labute approximate surface area is 83.9 Å². The van der Waals surface area contributed by atoms with Crippen molar-refractivity contribution in [2.24, 2.45) is 5.73 Å². The minimum Gasteiger partial charge on any atom is -0.325 e. The average molecular weight is 196 g/mol. The molecule has 0 spiro atoms. The van der Waals surface area contributed by atoms with Gasteiger partial charge in [0, 0.05) is 23.2 Å². The van der Waals surface area contributed by atoms with Gasteiger partial charge in [-0.2, -0.15) is 11.8 Å². The van der Waals surface area contributed by atoms with Crippen LogP contribution in [0, 0.1) is 0 Å². The lowest BCUT2D eigenvalue weighted by molar-refractivity contribution is 0.591. The molecule has 0 unspecified atom stereocenters. The van der Waals surface area contributed by atoms with Crippen molar-refractivity contribution < 1.29 is 0 Å². The molecule has 1 heterocycles. The first kappa shape index (κ1) is 10.5. The van der Waals surface area contributed by atoms with Crippen LogP contribution in [0.4, 0.5) is 0 Å². The van der Waals surface area contributed by atoms with Crippen LogP contribution in [0.25, 0.3) is 0 Å². The Morgan fingerprint density at radius 1 is 1.46 bits per heavy atom. The molecule has 1 rings (SSSR count). The molecule has 1 aromatic heterocycles. The normalized spacial score (nSPS) is 11.6. The van der Waals surface area contributed by atoms with Gasteiger partial charge in [0.25, 0.3) is 0 Å². The lowest BCUT2D eigenvalue weighted by Gasteiger charge is -2.17. The van der Waals surface area contributed by atoms with E-state index in [9.17, 15) is 0 Å². The van der Waals surface area contributed by atoms with Crippen molar-refractivity contribution in [1.82, 2.24) is 4.98 Å². The Kier molecular flexibility index (Phi) is 3.75. The van der Waals surface area contributed by atoms with Crippen LogP contribution in [0.15, 0.2) is 24.4 Å². The fourth-order valence-electron chi connectivity index (χ4n) is 0.902. The predicted molar refractivity (Wildman–Crippen MR) is 58.7 cm³/mol. The lowest BCUT2D eigenvalue weighted by atomic mass is 10.1. The summed E-state index contributed by atoms with van der Waals surface area (Å²) < 4.78 is 0. The minimum absolute atomic E-state index is 0.0839. The van der Waals surface area contributed by atoms with E-state index in [0.717, 1.165) is 17.2 Å². The van der Waals surface area contributed by atoms with Crippen LogP contribution in [0.3, 0.4) is 0 Å². The number of pyridine rings is 1. The molecule has 0 aromatic carbocycles. The molecule has 0 aliphatic rings. The molecule has 1 aromatic rings. The molecular formula is C10H16N2S. The van der Waals surface area contributed by atoms with Crippen LogP contribution in [0.1, 0.15) is 19.5 Å². The van der Waals surface area contributed by atoms with Gasteiger partial charge >= 0.3 is 0 Å². The first-order valence-corrected chi connectivity index (χ1v) is 5.50. The predicted octanol–water partition coefficient (Wildman–Crippen LogP) is 2.05. The van der Waals surface area contributed by atoms with Gasteiger partial charge in [-0.3, -0.25) is 4.98 Å². The van der Waals surface area contributed by atoms with Crippen LogP contribution in [-0.4, -0.2) is 16.3 Å². The van der Waals surface area contributed by atoms with E-state index >= 15 is 0 Å². The number of nitrogens with zero attached hydrogens (tertiary/aromatic N) is 1. The third kappa shape index (κ3) is 4.90. The molecule has 0 aliphatic carbocycles. The van der Waals surface area contributed by atoms with Crippen LogP contribution in [0.5, 0.6) is 0 Å². The largest absolute Gasteiger partial charge is 0.325 e. The Morgan fingerprint density at radius 3 is 2.77 bits per heavy atom. The molecule has 0 aliphatic heterocycles. The Balaban J connectivity index is 2.29. The molecule has 0 radical (unpaired) electrons. The van der Waals surface area contributed by atoms with Crippen molar-refractivity contribution in [3.63, 3.8) is 0 Å². The van der Waals surface area contributed by atoms with E-state index in [4.69, 9.17) is 5.73 Å². The standard InChI is InChI=1S/C10H16N2S/c1-10(2,11)8-13-7-9-5-3-4-6-12-9/h3-6H,7-8,11H2,1-2H3. The van der Waals surface area contributed by atoms with Gasteiger partial charge in [0.2, 0.25) is 0 Å². The van der Waals surface area contributed by atoms with Crippen molar-refractivity contribution >= 4 is 11.8 Å². The zero-order valence-electron chi connectivity index (χ0n) is 8.16.